The summed E-state index contributed by atoms with van der Waals surface area (Å²) >= 11 is 4.98. The van der Waals surface area contributed by atoms with Crippen LogP contribution < -0.4 is 0 Å². The van der Waals surface area contributed by atoms with E-state index in [1.807, 2.05) is 18.4 Å². The molecule has 0 aliphatic heterocycles. The summed E-state index contributed by atoms with van der Waals surface area (Å²) in [5, 5.41) is 11.1. The van der Waals surface area contributed by atoms with Crippen molar-refractivity contribution in [2.24, 2.45) is 5.41 Å². The van der Waals surface area contributed by atoms with Gasteiger partial charge in [-0.15, -0.1) is 11.3 Å². The molecule has 0 fully saturated rings. The maximum absolute atomic E-state index is 12.1. The molecule has 0 N–H and O–H groups in total. The Morgan fingerprint density at radius 1 is 1.71 bits per heavy atom. The van der Waals surface area contributed by atoms with Crippen LogP contribution >= 0.6 is 27.3 Å². The molecule has 0 aliphatic carbocycles. The summed E-state index contributed by atoms with van der Waals surface area (Å²) in [4.78, 5) is 13.7. The third kappa shape index (κ3) is 3.30. The number of amides is 1. The molecule has 1 unspecified atom stereocenters. The fraction of sp³-hybridized carbons (Fsp3) is 0.500. The zero-order chi connectivity index (χ0) is 13.1. The number of halogens is 1. The lowest BCUT2D eigenvalue weighted by atomic mass is 9.88. The molecule has 0 saturated carbocycles. The molecule has 0 saturated heterocycles. The van der Waals surface area contributed by atoms with Gasteiger partial charge in [0.1, 0.15) is 5.41 Å². The minimum Gasteiger partial charge on any atom is -0.340 e. The molecule has 1 heterocycles. The van der Waals surface area contributed by atoms with Gasteiger partial charge in [0.15, 0.2) is 0 Å². The lowest BCUT2D eigenvalue weighted by molar-refractivity contribution is -0.137. The van der Waals surface area contributed by atoms with Crippen LogP contribution in [0.1, 0.15) is 25.8 Å². The number of nitriles is 1. The van der Waals surface area contributed by atoms with Gasteiger partial charge in [0.05, 0.1) is 9.86 Å². The smallest absolute Gasteiger partial charge is 0.242 e. The number of hydrogen-bond acceptors (Lipinski definition) is 3. The number of carbonyl (C=O) groups excluding carboxylic acids is 1. The lowest BCUT2D eigenvalue weighted by Gasteiger charge is -2.25. The van der Waals surface area contributed by atoms with Crippen LogP contribution in [0.15, 0.2) is 15.2 Å². The van der Waals surface area contributed by atoms with Gasteiger partial charge in [-0.25, -0.2) is 0 Å². The SMILES string of the molecule is CCC(C)(C#N)C(=O)N(C)Cc1csc(Br)c1. The van der Waals surface area contributed by atoms with Gasteiger partial charge < -0.3 is 4.90 Å². The first-order valence-electron chi connectivity index (χ1n) is 5.32. The van der Waals surface area contributed by atoms with E-state index in [0.717, 1.165) is 9.35 Å². The summed E-state index contributed by atoms with van der Waals surface area (Å²) in [5.41, 5.74) is 0.163. The van der Waals surface area contributed by atoms with Gasteiger partial charge in [-0.1, -0.05) is 6.92 Å². The molecule has 1 amide bonds. The first kappa shape index (κ1) is 14.2. The number of nitrogens with zero attached hydrogens (tertiary/aromatic N) is 2. The number of hydrogen-bond donors (Lipinski definition) is 0. The van der Waals surface area contributed by atoms with Crippen molar-refractivity contribution in [2.45, 2.75) is 26.8 Å². The maximum Gasteiger partial charge on any atom is 0.242 e. The van der Waals surface area contributed by atoms with Gasteiger partial charge in [-0.2, -0.15) is 5.26 Å². The minimum absolute atomic E-state index is 0.121. The third-order valence-electron chi connectivity index (χ3n) is 2.81. The highest BCUT2D eigenvalue weighted by Crippen LogP contribution is 2.25. The van der Waals surface area contributed by atoms with Crippen molar-refractivity contribution in [3.8, 4) is 6.07 Å². The van der Waals surface area contributed by atoms with Crippen LogP contribution in [0, 0.1) is 16.7 Å². The van der Waals surface area contributed by atoms with E-state index in [9.17, 15) is 4.79 Å². The molecule has 0 radical (unpaired) electrons. The topological polar surface area (TPSA) is 44.1 Å². The van der Waals surface area contributed by atoms with E-state index in [1.54, 1.807) is 30.2 Å². The normalized spacial score (nSPS) is 13.8. The molecule has 0 spiro atoms. The molecular weight excluding hydrogens is 300 g/mol. The Labute approximate surface area is 114 Å². The summed E-state index contributed by atoms with van der Waals surface area (Å²) < 4.78 is 1.05. The summed E-state index contributed by atoms with van der Waals surface area (Å²) in [6, 6.07) is 4.09. The largest absolute Gasteiger partial charge is 0.340 e. The Balaban J connectivity index is 2.74. The molecule has 3 nitrogen and oxygen atoms in total. The van der Waals surface area contributed by atoms with E-state index in [1.165, 1.54) is 0 Å². The van der Waals surface area contributed by atoms with E-state index in [4.69, 9.17) is 5.26 Å². The van der Waals surface area contributed by atoms with Crippen molar-refractivity contribution < 1.29 is 4.79 Å². The fourth-order valence-corrected chi connectivity index (χ4v) is 2.67. The van der Waals surface area contributed by atoms with Crippen molar-refractivity contribution in [3.05, 3.63) is 20.8 Å². The van der Waals surface area contributed by atoms with Crippen LogP contribution in [-0.2, 0) is 11.3 Å². The highest BCUT2D eigenvalue weighted by atomic mass is 79.9. The van der Waals surface area contributed by atoms with Crippen molar-refractivity contribution in [1.29, 1.82) is 5.26 Å². The number of thiophene rings is 1. The Kier molecular flexibility index (Phi) is 4.72. The van der Waals surface area contributed by atoms with Gasteiger partial charge in [0.2, 0.25) is 5.91 Å². The van der Waals surface area contributed by atoms with Gasteiger partial charge in [-0.3, -0.25) is 4.79 Å². The van der Waals surface area contributed by atoms with Crippen molar-refractivity contribution in [1.82, 2.24) is 4.90 Å². The molecule has 5 heteroatoms. The summed E-state index contributed by atoms with van der Waals surface area (Å²) in [7, 11) is 1.74. The predicted octanol–water partition coefficient (Wildman–Crippen LogP) is 3.41. The summed E-state index contributed by atoms with van der Waals surface area (Å²) in [6.45, 7) is 4.09. The molecule has 0 aromatic carbocycles. The monoisotopic (exact) mass is 314 g/mol. The van der Waals surface area contributed by atoms with Crippen LogP contribution in [0.4, 0.5) is 0 Å². The summed E-state index contributed by atoms with van der Waals surface area (Å²) in [5.74, 6) is -0.121. The molecule has 1 atom stereocenters. The minimum atomic E-state index is -0.915. The van der Waals surface area contributed by atoms with Crippen LogP contribution in [0.3, 0.4) is 0 Å². The third-order valence-corrected chi connectivity index (χ3v) is 4.37. The van der Waals surface area contributed by atoms with E-state index >= 15 is 0 Å². The van der Waals surface area contributed by atoms with Gasteiger partial charge in [0.25, 0.3) is 0 Å². The first-order valence-corrected chi connectivity index (χ1v) is 7.00. The average molecular weight is 315 g/mol. The van der Waals surface area contributed by atoms with Crippen LogP contribution in [0.2, 0.25) is 0 Å². The highest BCUT2D eigenvalue weighted by molar-refractivity contribution is 9.11. The number of rotatable bonds is 4. The lowest BCUT2D eigenvalue weighted by Crippen LogP contribution is -2.38. The number of carbonyl (C=O) groups is 1. The Hall–Kier alpha value is -0.860. The molecule has 1 rings (SSSR count). The van der Waals surface area contributed by atoms with Crippen molar-refractivity contribution in [2.75, 3.05) is 7.05 Å². The molecule has 0 bridgehead atoms. The fourth-order valence-electron chi connectivity index (χ4n) is 1.47. The van der Waals surface area contributed by atoms with Crippen LogP contribution in [0.25, 0.3) is 0 Å². The zero-order valence-corrected chi connectivity index (χ0v) is 12.6. The van der Waals surface area contributed by atoms with Gasteiger partial charge in [-0.05, 0) is 46.3 Å². The van der Waals surface area contributed by atoms with E-state index in [2.05, 4.69) is 22.0 Å². The molecule has 92 valence electrons. The average Bonchev–Trinajstić information content (AvgIpc) is 2.72. The standard InChI is InChI=1S/C12H15BrN2OS/c1-4-12(2,8-14)11(16)15(3)6-9-5-10(13)17-7-9/h5,7H,4,6H2,1-3H3. The second-order valence-corrected chi connectivity index (χ2v) is 6.51. The zero-order valence-electron chi connectivity index (χ0n) is 10.2. The molecule has 1 aromatic heterocycles. The molecule has 0 aliphatic rings. The first-order chi connectivity index (χ1) is 7.92. The predicted molar refractivity (Wildman–Crippen MR) is 72.5 cm³/mol. The second-order valence-electron chi connectivity index (χ2n) is 4.22. The van der Waals surface area contributed by atoms with Gasteiger partial charge in [0, 0.05) is 13.6 Å². The quantitative estimate of drug-likeness (QED) is 0.854. The Morgan fingerprint density at radius 2 is 2.35 bits per heavy atom. The van der Waals surface area contributed by atoms with Crippen molar-refractivity contribution >= 4 is 33.2 Å². The molecule has 1 aromatic rings. The maximum atomic E-state index is 12.1. The Morgan fingerprint density at radius 3 is 2.76 bits per heavy atom. The van der Waals surface area contributed by atoms with Crippen LogP contribution in [-0.4, -0.2) is 17.9 Å². The van der Waals surface area contributed by atoms with E-state index in [0.29, 0.717) is 13.0 Å². The molecule has 17 heavy (non-hydrogen) atoms. The Bertz CT molecular complexity index is 452. The van der Waals surface area contributed by atoms with Gasteiger partial charge >= 0.3 is 0 Å². The van der Waals surface area contributed by atoms with Crippen molar-refractivity contribution in [3.63, 3.8) is 0 Å². The van der Waals surface area contributed by atoms with E-state index < -0.39 is 5.41 Å². The second kappa shape index (κ2) is 5.65. The summed E-state index contributed by atoms with van der Waals surface area (Å²) in [6.07, 6.45) is 0.528. The highest BCUT2D eigenvalue weighted by Gasteiger charge is 2.33. The molecular formula is C12H15BrN2OS. The van der Waals surface area contributed by atoms with E-state index in [-0.39, 0.29) is 5.91 Å². The van der Waals surface area contributed by atoms with Crippen LogP contribution in [0.5, 0.6) is 0 Å².